The number of nitrogens with zero attached hydrogens (tertiary/aromatic N) is 3. The monoisotopic (exact) mass is 553 g/mol. The zero-order valence-corrected chi connectivity index (χ0v) is 24.2. The predicted molar refractivity (Wildman–Crippen MR) is 161 cm³/mol. The van der Waals surface area contributed by atoms with E-state index < -0.39 is 0 Å². The first-order chi connectivity index (χ1) is 19.9. The molecule has 41 heavy (non-hydrogen) atoms. The minimum absolute atomic E-state index is 0.0415. The zero-order valence-electron chi connectivity index (χ0n) is 24.2. The summed E-state index contributed by atoms with van der Waals surface area (Å²) in [6.45, 7) is 7.51. The molecule has 2 aliphatic heterocycles. The van der Waals surface area contributed by atoms with Gasteiger partial charge in [-0.25, -0.2) is 4.79 Å². The molecule has 1 saturated heterocycles. The number of hydrogen-bond acceptors (Lipinski definition) is 4. The molecule has 3 amide bonds. The van der Waals surface area contributed by atoms with E-state index in [1.807, 2.05) is 90.4 Å². The van der Waals surface area contributed by atoms with E-state index in [1.165, 1.54) is 5.56 Å². The summed E-state index contributed by atoms with van der Waals surface area (Å²) in [6.07, 6.45) is 2.55. The number of anilines is 2. The Morgan fingerprint density at radius 3 is 2.20 bits per heavy atom. The highest BCUT2D eigenvalue weighted by atomic mass is 16.6. The molecule has 0 spiro atoms. The minimum atomic E-state index is -0.240. The second-order valence-corrected chi connectivity index (χ2v) is 10.9. The second kappa shape index (κ2) is 12.6. The largest absolute Gasteiger partial charge is 0.450 e. The van der Waals surface area contributed by atoms with Crippen LogP contribution in [0.4, 0.5) is 16.2 Å². The number of amides is 3. The van der Waals surface area contributed by atoms with Gasteiger partial charge in [0.2, 0.25) is 5.91 Å². The van der Waals surface area contributed by atoms with Crippen molar-refractivity contribution in [2.45, 2.75) is 64.5 Å². The molecule has 0 bridgehead atoms. The molecule has 2 atom stereocenters. The first-order valence-electron chi connectivity index (χ1n) is 14.7. The van der Waals surface area contributed by atoms with Gasteiger partial charge in [-0.15, -0.1) is 0 Å². The van der Waals surface area contributed by atoms with E-state index in [9.17, 15) is 14.4 Å². The van der Waals surface area contributed by atoms with Gasteiger partial charge in [0.1, 0.15) is 0 Å². The highest BCUT2D eigenvalue weighted by Gasteiger charge is 2.38. The van der Waals surface area contributed by atoms with Gasteiger partial charge in [0.05, 0.1) is 12.6 Å². The number of fused-ring (bicyclic) bond motifs is 1. The number of rotatable bonds is 6. The lowest BCUT2D eigenvalue weighted by molar-refractivity contribution is -0.118. The Hall–Kier alpha value is -4.13. The molecule has 2 unspecified atom stereocenters. The van der Waals surface area contributed by atoms with Crippen LogP contribution in [0.1, 0.15) is 79.9 Å². The van der Waals surface area contributed by atoms with Crippen molar-refractivity contribution < 1.29 is 19.1 Å². The molecule has 7 heteroatoms. The topological polar surface area (TPSA) is 70.2 Å². The number of ether oxygens (including phenoxy) is 1. The van der Waals surface area contributed by atoms with Crippen LogP contribution < -0.4 is 9.80 Å². The van der Waals surface area contributed by atoms with Gasteiger partial charge in [-0.1, -0.05) is 55.5 Å². The van der Waals surface area contributed by atoms with Crippen LogP contribution in [0.5, 0.6) is 0 Å². The van der Waals surface area contributed by atoms with Gasteiger partial charge in [0, 0.05) is 42.5 Å². The Morgan fingerprint density at radius 1 is 0.878 bits per heavy atom. The summed E-state index contributed by atoms with van der Waals surface area (Å²) >= 11 is 0. The maximum atomic E-state index is 14.0. The Kier molecular flexibility index (Phi) is 8.72. The van der Waals surface area contributed by atoms with Crippen LogP contribution in [0.2, 0.25) is 0 Å². The van der Waals surface area contributed by atoms with E-state index in [1.54, 1.807) is 4.90 Å². The van der Waals surface area contributed by atoms with Gasteiger partial charge in [-0.05, 0) is 80.5 Å². The normalized spacial score (nSPS) is 18.9. The molecular weight excluding hydrogens is 514 g/mol. The Labute approximate surface area is 242 Å². The number of para-hydroxylation sites is 2. The van der Waals surface area contributed by atoms with Crippen LogP contribution in [-0.4, -0.2) is 48.5 Å². The second-order valence-electron chi connectivity index (χ2n) is 10.9. The average molecular weight is 554 g/mol. The molecule has 214 valence electrons. The minimum Gasteiger partial charge on any atom is -0.450 e. The molecule has 2 heterocycles. The van der Waals surface area contributed by atoms with Crippen molar-refractivity contribution in [3.63, 3.8) is 0 Å². The third-order valence-electron chi connectivity index (χ3n) is 8.35. The van der Waals surface area contributed by atoms with Crippen molar-refractivity contribution in [3.8, 4) is 0 Å². The zero-order chi connectivity index (χ0) is 28.9. The summed E-state index contributed by atoms with van der Waals surface area (Å²) in [5.41, 5.74) is 4.53. The third-order valence-corrected chi connectivity index (χ3v) is 8.35. The van der Waals surface area contributed by atoms with Crippen molar-refractivity contribution in [1.29, 1.82) is 0 Å². The molecule has 0 radical (unpaired) electrons. The summed E-state index contributed by atoms with van der Waals surface area (Å²) in [6, 6.07) is 25.4. The Balaban J connectivity index is 1.36. The number of piperidine rings is 1. The van der Waals surface area contributed by atoms with Gasteiger partial charge in [-0.3, -0.25) is 9.59 Å². The third kappa shape index (κ3) is 5.85. The molecule has 3 aromatic rings. The first kappa shape index (κ1) is 28.4. The van der Waals surface area contributed by atoms with E-state index in [4.69, 9.17) is 4.74 Å². The lowest BCUT2D eigenvalue weighted by atomic mass is 9.88. The standard InChI is InChI=1S/C34H39N3O4/c1-4-32(38)37(28-11-7-6-8-12-28)31-23-24(3)36(30-14-10-9-13-29(30)31)33(39)27-17-15-25(16-18-27)26-19-21-35(22-20-26)34(40)41-5-2/h6-18,24,26,31H,4-5,19-23H2,1-3H3. The fourth-order valence-corrected chi connectivity index (χ4v) is 6.24. The van der Waals surface area contributed by atoms with Gasteiger partial charge in [0.25, 0.3) is 5.91 Å². The van der Waals surface area contributed by atoms with E-state index in [0.29, 0.717) is 44.0 Å². The van der Waals surface area contributed by atoms with Crippen LogP contribution >= 0.6 is 0 Å². The quantitative estimate of drug-likeness (QED) is 0.331. The molecule has 7 nitrogen and oxygen atoms in total. The number of benzene rings is 3. The fraction of sp³-hybridized carbons (Fsp3) is 0.382. The highest BCUT2D eigenvalue weighted by molar-refractivity contribution is 6.07. The lowest BCUT2D eigenvalue weighted by Gasteiger charge is -2.43. The maximum Gasteiger partial charge on any atom is 0.409 e. The van der Waals surface area contributed by atoms with Crippen molar-refractivity contribution in [2.75, 3.05) is 29.5 Å². The SMILES string of the molecule is CCOC(=O)N1CCC(c2ccc(C(=O)N3c4ccccc4C(N(C(=O)CC)c4ccccc4)CC3C)cc2)CC1. The molecular formula is C34H39N3O4. The van der Waals surface area contributed by atoms with Crippen LogP contribution in [0.15, 0.2) is 78.9 Å². The summed E-state index contributed by atoms with van der Waals surface area (Å²) in [7, 11) is 0. The van der Waals surface area contributed by atoms with Crippen molar-refractivity contribution in [1.82, 2.24) is 4.90 Å². The first-order valence-corrected chi connectivity index (χ1v) is 14.7. The summed E-state index contributed by atoms with van der Waals surface area (Å²) < 4.78 is 5.14. The number of likely N-dealkylation sites (tertiary alicyclic amines) is 1. The molecule has 0 saturated carbocycles. The molecule has 2 aliphatic rings. The summed E-state index contributed by atoms with van der Waals surface area (Å²) in [5, 5.41) is 0. The number of carbonyl (C=O) groups is 3. The van der Waals surface area contributed by atoms with Crippen LogP contribution in [0.3, 0.4) is 0 Å². The van der Waals surface area contributed by atoms with E-state index in [2.05, 4.69) is 19.1 Å². The molecule has 0 N–H and O–H groups in total. The Morgan fingerprint density at radius 2 is 1.54 bits per heavy atom. The lowest BCUT2D eigenvalue weighted by Crippen LogP contribution is -2.47. The van der Waals surface area contributed by atoms with Gasteiger partial charge >= 0.3 is 6.09 Å². The predicted octanol–water partition coefficient (Wildman–Crippen LogP) is 6.95. The smallest absolute Gasteiger partial charge is 0.409 e. The van der Waals surface area contributed by atoms with Gasteiger partial charge < -0.3 is 19.4 Å². The van der Waals surface area contributed by atoms with E-state index in [-0.39, 0.29) is 30.0 Å². The van der Waals surface area contributed by atoms with Crippen LogP contribution in [0, 0.1) is 0 Å². The molecule has 1 fully saturated rings. The molecule has 3 aromatic carbocycles. The van der Waals surface area contributed by atoms with E-state index >= 15 is 0 Å². The average Bonchev–Trinajstić information content (AvgIpc) is 3.01. The highest BCUT2D eigenvalue weighted by Crippen LogP contribution is 2.43. The maximum absolute atomic E-state index is 14.0. The van der Waals surface area contributed by atoms with Crippen molar-refractivity contribution in [3.05, 3.63) is 95.6 Å². The molecule has 0 aliphatic carbocycles. The van der Waals surface area contributed by atoms with Crippen LogP contribution in [-0.2, 0) is 9.53 Å². The molecule has 0 aromatic heterocycles. The molecule has 5 rings (SSSR count). The van der Waals surface area contributed by atoms with Gasteiger partial charge in [-0.2, -0.15) is 0 Å². The fourth-order valence-electron chi connectivity index (χ4n) is 6.24. The van der Waals surface area contributed by atoms with Crippen LogP contribution in [0.25, 0.3) is 0 Å². The Bertz CT molecular complexity index is 1370. The van der Waals surface area contributed by atoms with Crippen molar-refractivity contribution >= 4 is 29.3 Å². The number of carbonyl (C=O) groups excluding carboxylic acids is 3. The van der Waals surface area contributed by atoms with E-state index in [0.717, 1.165) is 29.8 Å². The van der Waals surface area contributed by atoms with Gasteiger partial charge in [0.15, 0.2) is 0 Å². The summed E-state index contributed by atoms with van der Waals surface area (Å²) in [4.78, 5) is 44.8. The number of hydrogen-bond donors (Lipinski definition) is 0. The summed E-state index contributed by atoms with van der Waals surface area (Å²) in [5.74, 6) is 0.368. The van der Waals surface area contributed by atoms with Crippen molar-refractivity contribution in [2.24, 2.45) is 0 Å².